The summed E-state index contributed by atoms with van der Waals surface area (Å²) in [7, 11) is 0. The summed E-state index contributed by atoms with van der Waals surface area (Å²) >= 11 is 0. The van der Waals surface area contributed by atoms with Crippen LogP contribution >= 0.6 is 0 Å². The highest BCUT2D eigenvalue weighted by molar-refractivity contribution is 5.87. The van der Waals surface area contributed by atoms with Crippen molar-refractivity contribution in [2.75, 3.05) is 6.61 Å². The molecule has 1 aliphatic carbocycles. The lowest BCUT2D eigenvalue weighted by Gasteiger charge is -2.54. The Labute approximate surface area is 164 Å². The minimum atomic E-state index is -1.59. The van der Waals surface area contributed by atoms with E-state index in [1.165, 1.54) is 19.1 Å². The van der Waals surface area contributed by atoms with E-state index in [1.807, 2.05) is 0 Å². The molecule has 9 nitrogen and oxygen atoms in total. The molecule has 9 unspecified atom stereocenters. The molecular formula is C19H32O9. The number of rotatable bonds is 5. The van der Waals surface area contributed by atoms with Crippen LogP contribution < -0.4 is 0 Å². The van der Waals surface area contributed by atoms with Crippen LogP contribution in [0.25, 0.3) is 0 Å². The van der Waals surface area contributed by atoms with Gasteiger partial charge in [-0.05, 0) is 25.5 Å². The Balaban J connectivity index is 2.21. The number of hydrogen-bond acceptors (Lipinski definition) is 9. The van der Waals surface area contributed by atoms with Crippen LogP contribution in [-0.2, 0) is 14.3 Å². The molecule has 1 saturated carbocycles. The molecule has 2 rings (SSSR count). The van der Waals surface area contributed by atoms with Crippen LogP contribution in [0.1, 0.15) is 34.1 Å². The molecule has 0 aromatic rings. The average molecular weight is 404 g/mol. The van der Waals surface area contributed by atoms with E-state index in [1.54, 1.807) is 20.8 Å². The maximum absolute atomic E-state index is 11.3. The molecule has 9 atom stereocenters. The number of allylic oxidation sites excluding steroid dienone is 1. The van der Waals surface area contributed by atoms with Gasteiger partial charge in [0, 0.05) is 11.3 Å². The molecule has 9 heteroatoms. The third-order valence-electron chi connectivity index (χ3n) is 6.11. The minimum Gasteiger partial charge on any atom is -0.394 e. The molecule has 1 saturated heterocycles. The van der Waals surface area contributed by atoms with Gasteiger partial charge in [0.2, 0.25) is 0 Å². The normalized spacial score (nSPS) is 46.6. The quantitative estimate of drug-likeness (QED) is 0.299. The monoisotopic (exact) mass is 404 g/mol. The van der Waals surface area contributed by atoms with Crippen LogP contribution in [0.4, 0.5) is 0 Å². The highest BCUT2D eigenvalue weighted by Gasteiger charge is 2.56. The Morgan fingerprint density at radius 3 is 2.29 bits per heavy atom. The standard InChI is InChI=1S/C19H32O9/c1-9(21)5-6-19(26)10(2)13(22)11(7-18(19,3)4)27-17-16(25)15(24)14(23)12(8-20)28-17/h5-6,10-17,20,22-26H,7-8H2,1-4H3. The summed E-state index contributed by atoms with van der Waals surface area (Å²) in [6.07, 6.45) is -6.38. The van der Waals surface area contributed by atoms with Crippen LogP contribution in [0.2, 0.25) is 0 Å². The van der Waals surface area contributed by atoms with Gasteiger partial charge >= 0.3 is 0 Å². The van der Waals surface area contributed by atoms with Gasteiger partial charge < -0.3 is 40.1 Å². The maximum atomic E-state index is 11.3. The zero-order chi connectivity index (χ0) is 21.4. The van der Waals surface area contributed by atoms with Crippen molar-refractivity contribution in [3.8, 4) is 0 Å². The van der Waals surface area contributed by atoms with E-state index in [9.17, 15) is 35.4 Å². The number of hydrogen-bond donors (Lipinski definition) is 6. The second-order valence-electron chi connectivity index (χ2n) is 8.51. The van der Waals surface area contributed by atoms with Crippen molar-refractivity contribution in [1.29, 1.82) is 0 Å². The molecular weight excluding hydrogens is 372 g/mol. The topological polar surface area (TPSA) is 157 Å². The molecule has 2 fully saturated rings. The third kappa shape index (κ3) is 4.17. The SMILES string of the molecule is CC(=O)C=CC1(O)C(C)C(O)C(OC2OC(CO)C(O)C(O)C2O)CC1(C)C. The van der Waals surface area contributed by atoms with Gasteiger partial charge in [0.15, 0.2) is 12.1 Å². The Kier molecular flexibility index (Phi) is 7.05. The Morgan fingerprint density at radius 2 is 1.75 bits per heavy atom. The number of carbonyl (C=O) groups is 1. The second kappa shape index (κ2) is 8.45. The summed E-state index contributed by atoms with van der Waals surface area (Å²) in [4.78, 5) is 11.3. The van der Waals surface area contributed by atoms with Gasteiger partial charge in [-0.3, -0.25) is 4.79 Å². The number of aliphatic hydroxyl groups is 6. The molecule has 0 bridgehead atoms. The van der Waals surface area contributed by atoms with Crippen LogP contribution in [0.15, 0.2) is 12.2 Å². The second-order valence-corrected chi connectivity index (χ2v) is 8.51. The molecule has 0 aromatic heterocycles. The van der Waals surface area contributed by atoms with E-state index in [2.05, 4.69) is 0 Å². The summed E-state index contributed by atoms with van der Waals surface area (Å²) in [5.74, 6) is -0.952. The summed E-state index contributed by atoms with van der Waals surface area (Å²) in [5, 5.41) is 61.1. The number of carbonyl (C=O) groups excluding carboxylic acids is 1. The fourth-order valence-corrected chi connectivity index (χ4v) is 4.09. The molecule has 0 aromatic carbocycles. The number of ketones is 1. The molecule has 28 heavy (non-hydrogen) atoms. The van der Waals surface area contributed by atoms with E-state index in [0.29, 0.717) is 0 Å². The highest BCUT2D eigenvalue weighted by Crippen LogP contribution is 2.49. The van der Waals surface area contributed by atoms with Crippen molar-refractivity contribution in [3.05, 3.63) is 12.2 Å². The molecule has 2 aliphatic rings. The highest BCUT2D eigenvalue weighted by atomic mass is 16.7. The fraction of sp³-hybridized carbons (Fsp3) is 0.842. The molecule has 0 spiro atoms. The Hall–Kier alpha value is -0.910. The molecule has 1 heterocycles. The van der Waals surface area contributed by atoms with E-state index < -0.39 is 66.5 Å². The van der Waals surface area contributed by atoms with Gasteiger partial charge in [-0.1, -0.05) is 20.8 Å². The molecule has 0 radical (unpaired) electrons. The van der Waals surface area contributed by atoms with Crippen molar-refractivity contribution >= 4 is 5.78 Å². The number of aliphatic hydroxyl groups excluding tert-OH is 5. The first-order valence-electron chi connectivity index (χ1n) is 9.42. The van der Waals surface area contributed by atoms with Gasteiger partial charge in [-0.25, -0.2) is 0 Å². The van der Waals surface area contributed by atoms with Gasteiger partial charge in [0.25, 0.3) is 0 Å². The van der Waals surface area contributed by atoms with E-state index >= 15 is 0 Å². The Morgan fingerprint density at radius 1 is 1.14 bits per heavy atom. The van der Waals surface area contributed by atoms with Crippen molar-refractivity contribution in [2.45, 2.75) is 82.6 Å². The van der Waals surface area contributed by atoms with Crippen molar-refractivity contribution < 1.29 is 44.9 Å². The molecule has 6 N–H and O–H groups in total. The molecule has 1 aliphatic heterocycles. The van der Waals surface area contributed by atoms with Gasteiger partial charge in [-0.15, -0.1) is 0 Å². The lowest BCUT2D eigenvalue weighted by Crippen LogP contribution is -2.64. The largest absolute Gasteiger partial charge is 0.394 e. The summed E-state index contributed by atoms with van der Waals surface area (Å²) < 4.78 is 11.1. The summed E-state index contributed by atoms with van der Waals surface area (Å²) in [5.41, 5.74) is -2.29. The summed E-state index contributed by atoms with van der Waals surface area (Å²) in [6.45, 7) is 5.93. The van der Waals surface area contributed by atoms with Crippen LogP contribution in [-0.4, -0.2) is 91.5 Å². The zero-order valence-corrected chi connectivity index (χ0v) is 16.6. The lowest BCUT2D eigenvalue weighted by molar-refractivity contribution is -0.329. The van der Waals surface area contributed by atoms with Gasteiger partial charge in [-0.2, -0.15) is 0 Å². The van der Waals surface area contributed by atoms with Crippen molar-refractivity contribution in [1.82, 2.24) is 0 Å². The van der Waals surface area contributed by atoms with Gasteiger partial charge in [0.05, 0.1) is 24.4 Å². The van der Waals surface area contributed by atoms with E-state index in [4.69, 9.17) is 9.47 Å². The summed E-state index contributed by atoms with van der Waals surface area (Å²) in [6, 6.07) is 0. The average Bonchev–Trinajstić information content (AvgIpc) is 2.63. The van der Waals surface area contributed by atoms with Crippen LogP contribution in [0.5, 0.6) is 0 Å². The lowest BCUT2D eigenvalue weighted by atomic mass is 9.58. The number of ether oxygens (including phenoxy) is 2. The van der Waals surface area contributed by atoms with E-state index in [-0.39, 0.29) is 12.2 Å². The van der Waals surface area contributed by atoms with Crippen molar-refractivity contribution in [3.63, 3.8) is 0 Å². The van der Waals surface area contributed by atoms with Crippen LogP contribution in [0, 0.1) is 11.3 Å². The first-order chi connectivity index (χ1) is 12.9. The minimum absolute atomic E-state index is 0.159. The van der Waals surface area contributed by atoms with Gasteiger partial charge in [0.1, 0.15) is 24.4 Å². The van der Waals surface area contributed by atoms with E-state index in [0.717, 1.165) is 0 Å². The fourth-order valence-electron chi connectivity index (χ4n) is 4.09. The molecule has 0 amide bonds. The predicted molar refractivity (Wildman–Crippen MR) is 97.0 cm³/mol. The zero-order valence-electron chi connectivity index (χ0n) is 16.6. The third-order valence-corrected chi connectivity index (χ3v) is 6.11. The van der Waals surface area contributed by atoms with Crippen molar-refractivity contribution in [2.24, 2.45) is 11.3 Å². The Bertz CT molecular complexity index is 590. The molecule has 162 valence electrons. The smallest absolute Gasteiger partial charge is 0.187 e. The predicted octanol–water partition coefficient (Wildman–Crippen LogP) is -1.53. The first kappa shape index (κ1) is 23.4. The van der Waals surface area contributed by atoms with Crippen LogP contribution in [0.3, 0.4) is 0 Å². The maximum Gasteiger partial charge on any atom is 0.187 e. The first-order valence-corrected chi connectivity index (χ1v) is 9.42.